The zero-order chi connectivity index (χ0) is 16.4. The van der Waals surface area contributed by atoms with Crippen LogP contribution in [0.5, 0.6) is 0 Å². The Kier molecular flexibility index (Phi) is 10.3. The molecule has 2 N–H and O–H groups in total. The molecule has 1 aromatic carbocycles. The van der Waals surface area contributed by atoms with Crippen LogP contribution in [0, 0.1) is 0 Å². The maximum absolute atomic E-state index is 5.36. The lowest BCUT2D eigenvalue weighted by Gasteiger charge is -2.43. The number of hydrogen-bond donors (Lipinski definition) is 2. The van der Waals surface area contributed by atoms with Crippen molar-refractivity contribution in [1.82, 2.24) is 10.6 Å². The standard InChI is InChI=1S/C19H31N3O.HI/c1-3-23-15-8-7-14-21-18(20-2)22-16-19(12-9-13-19)17-10-5-4-6-11-17;/h4-6,10-11H,3,7-9,12-16H2,1-2H3,(H2,20,21,22);1H. The molecule has 0 unspecified atom stereocenters. The number of guanidine groups is 1. The Bertz CT molecular complexity index is 475. The van der Waals surface area contributed by atoms with Crippen molar-refractivity contribution in [1.29, 1.82) is 0 Å². The van der Waals surface area contributed by atoms with Crippen LogP contribution in [0.3, 0.4) is 0 Å². The Labute approximate surface area is 163 Å². The van der Waals surface area contributed by atoms with E-state index < -0.39 is 0 Å². The van der Waals surface area contributed by atoms with Gasteiger partial charge in [-0.3, -0.25) is 4.99 Å². The topological polar surface area (TPSA) is 45.6 Å². The van der Waals surface area contributed by atoms with E-state index in [-0.39, 0.29) is 29.4 Å². The first kappa shape index (κ1) is 21.2. The third-order valence-corrected chi connectivity index (χ3v) is 4.73. The first-order valence-electron chi connectivity index (χ1n) is 8.88. The summed E-state index contributed by atoms with van der Waals surface area (Å²) >= 11 is 0. The average Bonchev–Trinajstić information content (AvgIpc) is 2.56. The van der Waals surface area contributed by atoms with Gasteiger partial charge in [0.05, 0.1) is 0 Å². The minimum Gasteiger partial charge on any atom is -0.382 e. The fourth-order valence-electron chi connectivity index (χ4n) is 3.12. The van der Waals surface area contributed by atoms with E-state index in [1.54, 1.807) is 0 Å². The van der Waals surface area contributed by atoms with Gasteiger partial charge in [-0.1, -0.05) is 36.8 Å². The van der Waals surface area contributed by atoms with E-state index in [4.69, 9.17) is 4.74 Å². The molecule has 1 fully saturated rings. The highest BCUT2D eigenvalue weighted by atomic mass is 127. The summed E-state index contributed by atoms with van der Waals surface area (Å²) in [6.45, 7) is 5.58. The molecule has 24 heavy (non-hydrogen) atoms. The molecule has 0 aromatic heterocycles. The van der Waals surface area contributed by atoms with Crippen molar-refractivity contribution < 1.29 is 4.74 Å². The van der Waals surface area contributed by atoms with Gasteiger partial charge in [0, 0.05) is 38.8 Å². The molecule has 0 heterocycles. The maximum Gasteiger partial charge on any atom is 0.191 e. The molecular formula is C19H32IN3O. The molecule has 2 rings (SSSR count). The van der Waals surface area contributed by atoms with Gasteiger partial charge in [-0.25, -0.2) is 0 Å². The quantitative estimate of drug-likeness (QED) is 0.264. The molecule has 5 heteroatoms. The van der Waals surface area contributed by atoms with Gasteiger partial charge in [0.1, 0.15) is 0 Å². The van der Waals surface area contributed by atoms with E-state index in [1.807, 2.05) is 14.0 Å². The van der Waals surface area contributed by atoms with E-state index >= 15 is 0 Å². The SMILES string of the molecule is CCOCCCCNC(=NC)NCC1(c2ccccc2)CCC1.I. The monoisotopic (exact) mass is 445 g/mol. The molecule has 0 atom stereocenters. The molecule has 0 spiro atoms. The first-order valence-corrected chi connectivity index (χ1v) is 8.88. The second-order valence-corrected chi connectivity index (χ2v) is 6.26. The molecule has 0 radical (unpaired) electrons. The lowest BCUT2D eigenvalue weighted by Crippen LogP contribution is -2.49. The van der Waals surface area contributed by atoms with Gasteiger partial charge >= 0.3 is 0 Å². The second-order valence-electron chi connectivity index (χ2n) is 6.26. The molecule has 0 aliphatic heterocycles. The number of halogens is 1. The van der Waals surface area contributed by atoms with Gasteiger partial charge in [0.25, 0.3) is 0 Å². The van der Waals surface area contributed by atoms with E-state index in [0.717, 1.165) is 45.1 Å². The number of hydrogen-bond acceptors (Lipinski definition) is 2. The Balaban J connectivity index is 0.00000288. The Hall–Kier alpha value is -0.820. The number of unbranched alkanes of at least 4 members (excludes halogenated alkanes) is 1. The normalized spacial score (nSPS) is 16.0. The fraction of sp³-hybridized carbons (Fsp3) is 0.632. The highest BCUT2D eigenvalue weighted by Gasteiger charge is 2.38. The summed E-state index contributed by atoms with van der Waals surface area (Å²) in [7, 11) is 1.84. The molecule has 0 bridgehead atoms. The smallest absolute Gasteiger partial charge is 0.191 e. The lowest BCUT2D eigenvalue weighted by atomic mass is 9.64. The number of ether oxygens (including phenoxy) is 1. The summed E-state index contributed by atoms with van der Waals surface area (Å²) in [6.07, 6.45) is 6.03. The van der Waals surface area contributed by atoms with Gasteiger partial charge in [0.15, 0.2) is 5.96 Å². The van der Waals surface area contributed by atoms with Gasteiger partial charge in [-0.05, 0) is 38.2 Å². The van der Waals surface area contributed by atoms with Crippen LogP contribution in [0.25, 0.3) is 0 Å². The van der Waals surface area contributed by atoms with Crippen molar-refractivity contribution in [3.05, 3.63) is 35.9 Å². The number of benzene rings is 1. The zero-order valence-electron chi connectivity index (χ0n) is 15.0. The van der Waals surface area contributed by atoms with Crippen LogP contribution in [0.1, 0.15) is 44.6 Å². The summed E-state index contributed by atoms with van der Waals surface area (Å²) in [5.74, 6) is 0.906. The maximum atomic E-state index is 5.36. The molecular weight excluding hydrogens is 413 g/mol. The van der Waals surface area contributed by atoms with Crippen LogP contribution in [-0.2, 0) is 10.2 Å². The number of nitrogens with one attached hydrogen (secondary N) is 2. The van der Waals surface area contributed by atoms with Crippen LogP contribution >= 0.6 is 24.0 Å². The van der Waals surface area contributed by atoms with E-state index in [9.17, 15) is 0 Å². The summed E-state index contributed by atoms with van der Waals surface area (Å²) in [5, 5.41) is 6.92. The van der Waals surface area contributed by atoms with Crippen molar-refractivity contribution in [3.63, 3.8) is 0 Å². The first-order chi connectivity index (χ1) is 11.3. The molecule has 0 saturated heterocycles. The van der Waals surface area contributed by atoms with Crippen molar-refractivity contribution in [2.45, 2.75) is 44.4 Å². The molecule has 1 saturated carbocycles. The Morgan fingerprint density at radius 3 is 2.50 bits per heavy atom. The van der Waals surface area contributed by atoms with Crippen molar-refractivity contribution in [2.24, 2.45) is 4.99 Å². The van der Waals surface area contributed by atoms with Crippen LogP contribution in [0.2, 0.25) is 0 Å². The van der Waals surface area contributed by atoms with Gasteiger partial charge in [0.2, 0.25) is 0 Å². The molecule has 4 nitrogen and oxygen atoms in total. The molecule has 1 aromatic rings. The number of nitrogens with zero attached hydrogens (tertiary/aromatic N) is 1. The van der Waals surface area contributed by atoms with Gasteiger partial charge in [-0.15, -0.1) is 24.0 Å². The summed E-state index contributed by atoms with van der Waals surface area (Å²) in [4.78, 5) is 4.34. The van der Waals surface area contributed by atoms with Crippen LogP contribution in [0.15, 0.2) is 35.3 Å². The van der Waals surface area contributed by atoms with Gasteiger partial charge < -0.3 is 15.4 Å². The van der Waals surface area contributed by atoms with E-state index in [0.29, 0.717) is 0 Å². The summed E-state index contributed by atoms with van der Waals surface area (Å²) < 4.78 is 5.36. The zero-order valence-corrected chi connectivity index (χ0v) is 17.3. The number of rotatable bonds is 9. The largest absolute Gasteiger partial charge is 0.382 e. The van der Waals surface area contributed by atoms with E-state index in [1.165, 1.54) is 24.8 Å². The van der Waals surface area contributed by atoms with E-state index in [2.05, 4.69) is 46.0 Å². The predicted molar refractivity (Wildman–Crippen MR) is 112 cm³/mol. The van der Waals surface area contributed by atoms with Crippen molar-refractivity contribution in [2.75, 3.05) is 33.4 Å². The summed E-state index contributed by atoms with van der Waals surface area (Å²) in [6, 6.07) is 10.9. The highest BCUT2D eigenvalue weighted by Crippen LogP contribution is 2.43. The average molecular weight is 445 g/mol. The molecule has 136 valence electrons. The molecule has 1 aliphatic carbocycles. The minimum atomic E-state index is 0. The predicted octanol–water partition coefficient (Wildman–Crippen LogP) is 3.71. The van der Waals surface area contributed by atoms with Crippen LogP contribution in [0.4, 0.5) is 0 Å². The van der Waals surface area contributed by atoms with Gasteiger partial charge in [-0.2, -0.15) is 0 Å². The molecule has 1 aliphatic rings. The lowest BCUT2D eigenvalue weighted by molar-refractivity contribution is 0.143. The fourth-order valence-corrected chi connectivity index (χ4v) is 3.12. The Morgan fingerprint density at radius 2 is 1.92 bits per heavy atom. The minimum absolute atomic E-state index is 0. The second kappa shape index (κ2) is 11.7. The van der Waals surface area contributed by atoms with Crippen LogP contribution in [-0.4, -0.2) is 39.3 Å². The molecule has 0 amide bonds. The van der Waals surface area contributed by atoms with Crippen molar-refractivity contribution >= 4 is 29.9 Å². The summed E-state index contributed by atoms with van der Waals surface area (Å²) in [5.41, 5.74) is 1.74. The highest BCUT2D eigenvalue weighted by molar-refractivity contribution is 14.0. The number of aliphatic imine (C=N–C) groups is 1. The van der Waals surface area contributed by atoms with Crippen LogP contribution < -0.4 is 10.6 Å². The third kappa shape index (κ3) is 6.24. The third-order valence-electron chi connectivity index (χ3n) is 4.73. The van der Waals surface area contributed by atoms with Crippen molar-refractivity contribution in [3.8, 4) is 0 Å². The Morgan fingerprint density at radius 1 is 1.17 bits per heavy atom.